The van der Waals surface area contributed by atoms with E-state index in [2.05, 4.69) is 5.32 Å². The van der Waals surface area contributed by atoms with E-state index in [4.69, 9.17) is 42.3 Å². The van der Waals surface area contributed by atoms with Crippen molar-refractivity contribution in [2.45, 2.75) is 71.5 Å². The van der Waals surface area contributed by atoms with E-state index in [9.17, 15) is 14.4 Å². The molecule has 1 unspecified atom stereocenters. The van der Waals surface area contributed by atoms with Gasteiger partial charge in [-0.15, -0.1) is 0 Å². The molecule has 0 radical (unpaired) electrons. The smallest absolute Gasteiger partial charge is 0.303 e. The summed E-state index contributed by atoms with van der Waals surface area (Å²) >= 11 is 13.1. The Morgan fingerprint density at radius 2 is 1.73 bits per heavy atom. The van der Waals surface area contributed by atoms with Gasteiger partial charge in [-0.2, -0.15) is 0 Å². The maximum Gasteiger partial charge on any atom is 0.303 e. The fourth-order valence-corrected chi connectivity index (χ4v) is 4.56. The lowest BCUT2D eigenvalue weighted by Gasteiger charge is -2.37. The van der Waals surface area contributed by atoms with Crippen LogP contribution >= 0.6 is 23.4 Å². The van der Waals surface area contributed by atoms with E-state index in [-0.39, 0.29) is 12.6 Å². The summed E-state index contributed by atoms with van der Waals surface area (Å²) in [6.07, 6.45) is -4.55. The van der Waals surface area contributed by atoms with Crippen molar-refractivity contribution in [3.8, 4) is 0 Å². The van der Waals surface area contributed by atoms with Crippen molar-refractivity contribution in [3.63, 3.8) is 0 Å². The quantitative estimate of drug-likeness (QED) is 0.338. The third kappa shape index (κ3) is 5.46. The van der Waals surface area contributed by atoms with Crippen LogP contribution in [0.25, 0.3) is 0 Å². The molecule has 2 aliphatic rings. The van der Waals surface area contributed by atoms with Crippen molar-refractivity contribution in [1.29, 1.82) is 0 Å². The number of rotatable bonds is 7. The lowest BCUT2D eigenvalue weighted by molar-refractivity contribution is -0.165. The van der Waals surface area contributed by atoms with E-state index in [1.807, 2.05) is 13.8 Å². The molecule has 1 aromatic carbocycles. The molecule has 5 atom stereocenters. The molecule has 0 saturated carbocycles. The number of anilines is 2. The molecule has 1 aromatic rings. The third-order valence-corrected chi connectivity index (χ3v) is 5.69. The van der Waals surface area contributed by atoms with E-state index in [1.54, 1.807) is 23.1 Å². The maximum atomic E-state index is 12.0. The molecule has 2 aliphatic heterocycles. The Hall–Kier alpha value is -2.27. The van der Waals surface area contributed by atoms with Crippen molar-refractivity contribution in [1.82, 2.24) is 5.32 Å². The highest BCUT2D eigenvalue weighted by molar-refractivity contribution is 6.38. The Morgan fingerprint density at radius 1 is 1.09 bits per heavy atom. The summed E-state index contributed by atoms with van der Waals surface area (Å²) in [5.41, 5.74) is 1.16. The second kappa shape index (κ2) is 10.3. The van der Waals surface area contributed by atoms with E-state index in [0.29, 0.717) is 16.4 Å². The number of esters is 3. The first-order valence-electron chi connectivity index (χ1n) is 10.4. The van der Waals surface area contributed by atoms with Gasteiger partial charge in [-0.1, -0.05) is 17.7 Å². The molecular weight excluding hydrogens is 477 g/mol. The monoisotopic (exact) mass is 503 g/mol. The SMILES string of the molecule is CC(=O)OC[C@H]1O[C@@H](N2c3cccc(Cl)c3N(Cl)C2NC(C)C)[C@H](OC(C)=O)[C@@H]1OC(C)=O. The highest BCUT2D eigenvalue weighted by Gasteiger charge is 2.55. The first-order chi connectivity index (χ1) is 15.5. The van der Waals surface area contributed by atoms with Gasteiger partial charge in [0.15, 0.2) is 24.7 Å². The van der Waals surface area contributed by atoms with Gasteiger partial charge in [0.2, 0.25) is 0 Å². The maximum absolute atomic E-state index is 12.0. The second-order valence-corrected chi connectivity index (χ2v) is 8.81. The highest BCUT2D eigenvalue weighted by atomic mass is 35.5. The zero-order chi connectivity index (χ0) is 24.4. The Balaban J connectivity index is 2.07. The molecule has 10 nitrogen and oxygen atoms in total. The summed E-state index contributed by atoms with van der Waals surface area (Å²) in [6.45, 7) is 7.41. The summed E-state index contributed by atoms with van der Waals surface area (Å²) in [6, 6.07) is 5.26. The Morgan fingerprint density at radius 3 is 2.30 bits per heavy atom. The van der Waals surface area contributed by atoms with Gasteiger partial charge in [-0.3, -0.25) is 19.7 Å². The van der Waals surface area contributed by atoms with Crippen molar-refractivity contribution < 1.29 is 33.3 Å². The largest absolute Gasteiger partial charge is 0.463 e. The van der Waals surface area contributed by atoms with E-state index in [0.717, 1.165) is 0 Å². The van der Waals surface area contributed by atoms with Gasteiger partial charge in [0, 0.05) is 38.6 Å². The van der Waals surface area contributed by atoms with Gasteiger partial charge < -0.3 is 23.8 Å². The lowest BCUT2D eigenvalue weighted by Crippen LogP contribution is -2.59. The summed E-state index contributed by atoms with van der Waals surface area (Å²) < 4.78 is 23.8. The fourth-order valence-electron chi connectivity index (χ4n) is 3.92. The number of halogens is 2. The minimum Gasteiger partial charge on any atom is -0.463 e. The zero-order valence-electron chi connectivity index (χ0n) is 18.9. The topological polar surface area (TPSA) is 107 Å². The number of hydrogen-bond acceptors (Lipinski definition) is 10. The Bertz CT molecular complexity index is 916. The third-order valence-electron chi connectivity index (χ3n) is 5.03. The zero-order valence-corrected chi connectivity index (χ0v) is 20.4. The summed E-state index contributed by atoms with van der Waals surface area (Å²) in [4.78, 5) is 37.0. The molecule has 1 fully saturated rings. The van der Waals surface area contributed by atoms with Crippen LogP contribution in [0.15, 0.2) is 18.2 Å². The van der Waals surface area contributed by atoms with Crippen molar-refractivity contribution in [3.05, 3.63) is 23.2 Å². The molecule has 0 spiro atoms. The van der Waals surface area contributed by atoms with Crippen LogP contribution in [0.2, 0.25) is 5.02 Å². The van der Waals surface area contributed by atoms with Crippen LogP contribution in [-0.4, -0.2) is 61.4 Å². The highest BCUT2D eigenvalue weighted by Crippen LogP contribution is 2.48. The van der Waals surface area contributed by atoms with Crippen LogP contribution in [0.3, 0.4) is 0 Å². The number of ether oxygens (including phenoxy) is 4. The normalized spacial score (nSPS) is 26.4. The van der Waals surface area contributed by atoms with E-state index >= 15 is 0 Å². The number of hydrogen-bond donors (Lipinski definition) is 1. The minimum absolute atomic E-state index is 0.00141. The van der Waals surface area contributed by atoms with Gasteiger partial charge in [-0.05, 0) is 26.0 Å². The van der Waals surface area contributed by atoms with Crippen LogP contribution in [0.4, 0.5) is 11.4 Å². The number of nitrogens with one attached hydrogen (secondary N) is 1. The van der Waals surface area contributed by atoms with Gasteiger partial charge >= 0.3 is 17.9 Å². The standard InChI is InChI=1S/C21H27Cl2N3O7/c1-10(2)24-21-25(15-8-6-7-14(22)17(15)26(21)23)20-19(32-13(5)29)18(31-12(4)28)16(33-20)9-30-11(3)27/h6-8,10,16,18-21,24H,9H2,1-5H3/t16-,18-,19-,20-,21?/m1/s1. The van der Waals surface area contributed by atoms with Crippen molar-refractivity contribution in [2.75, 3.05) is 15.9 Å². The minimum atomic E-state index is -1.04. The van der Waals surface area contributed by atoms with Gasteiger partial charge in [0.1, 0.15) is 12.7 Å². The van der Waals surface area contributed by atoms with Crippen molar-refractivity contribution >= 4 is 52.7 Å². The predicted octanol–water partition coefficient (Wildman–Crippen LogP) is 2.55. The Kier molecular flexibility index (Phi) is 7.94. The van der Waals surface area contributed by atoms with Crippen molar-refractivity contribution in [2.24, 2.45) is 0 Å². The first-order valence-corrected chi connectivity index (χ1v) is 11.1. The molecule has 0 amide bonds. The van der Waals surface area contributed by atoms with Gasteiger partial charge in [-0.25, -0.2) is 4.42 Å². The molecule has 182 valence electrons. The van der Waals surface area contributed by atoms with Crippen LogP contribution in [0, 0.1) is 0 Å². The average molecular weight is 504 g/mol. The molecular formula is C21H27Cl2N3O7. The van der Waals surface area contributed by atoms with Gasteiger partial charge in [0.05, 0.1) is 16.4 Å². The molecule has 33 heavy (non-hydrogen) atoms. The molecule has 1 N–H and O–H groups in total. The summed E-state index contributed by atoms with van der Waals surface area (Å²) in [5.74, 6) is -1.73. The molecule has 0 aliphatic carbocycles. The first kappa shape index (κ1) is 25.4. The molecule has 12 heteroatoms. The van der Waals surface area contributed by atoms with E-state index < -0.39 is 48.7 Å². The molecule has 0 aromatic heterocycles. The number of carbonyl (C=O) groups excluding carboxylic acids is 3. The van der Waals surface area contributed by atoms with Crippen LogP contribution in [0.1, 0.15) is 34.6 Å². The lowest BCUT2D eigenvalue weighted by atomic mass is 10.1. The van der Waals surface area contributed by atoms with Gasteiger partial charge in [0.25, 0.3) is 0 Å². The van der Waals surface area contributed by atoms with Crippen LogP contribution in [0.5, 0.6) is 0 Å². The number of nitrogens with zero attached hydrogens (tertiary/aromatic N) is 2. The Labute approximate surface area is 202 Å². The van der Waals surface area contributed by atoms with Crippen LogP contribution in [-0.2, 0) is 33.3 Å². The molecule has 1 saturated heterocycles. The molecule has 0 bridgehead atoms. The molecule has 2 heterocycles. The summed E-state index contributed by atoms with van der Waals surface area (Å²) in [7, 11) is 0. The molecule has 3 rings (SSSR count). The number of benzene rings is 1. The summed E-state index contributed by atoms with van der Waals surface area (Å²) in [5, 5.41) is 3.75. The van der Waals surface area contributed by atoms with E-state index in [1.165, 1.54) is 25.2 Å². The second-order valence-electron chi connectivity index (χ2n) is 8.04. The number of para-hydroxylation sites is 1. The fraction of sp³-hybridized carbons (Fsp3) is 0.571. The number of carbonyl (C=O) groups is 3. The van der Waals surface area contributed by atoms with Crippen LogP contribution < -0.4 is 14.6 Å². The predicted molar refractivity (Wildman–Crippen MR) is 121 cm³/mol. The average Bonchev–Trinajstić information content (AvgIpc) is 3.15. The number of fused-ring (bicyclic) bond motifs is 1.